The van der Waals surface area contributed by atoms with Gasteiger partial charge in [0.15, 0.2) is 0 Å². The van der Waals surface area contributed by atoms with E-state index in [1.165, 1.54) is 12.8 Å². The number of hydrogen-bond acceptors (Lipinski definition) is 4. The van der Waals surface area contributed by atoms with Crippen LogP contribution in [0, 0.1) is 5.92 Å². The number of nitrogen functional groups attached to an aromatic ring is 1. The number of methoxy groups -OCH3 is 1. The zero-order valence-electron chi connectivity index (χ0n) is 13.5. The molecule has 1 aromatic carbocycles. The number of anilines is 2. The number of nitrogens with two attached hydrogens (primary N) is 1. The average molecular weight is 292 g/mol. The highest BCUT2D eigenvalue weighted by molar-refractivity contribution is 5.61. The summed E-state index contributed by atoms with van der Waals surface area (Å²) in [5.41, 5.74) is 7.94. The minimum atomic E-state index is 0.515. The van der Waals surface area contributed by atoms with Crippen LogP contribution in [0.5, 0.6) is 5.75 Å². The SMILES string of the molecule is CCCOc1cc(N)cc(N(CCOC)C(C)C2CC2)c1. The van der Waals surface area contributed by atoms with Crippen molar-refractivity contribution < 1.29 is 9.47 Å². The molecule has 21 heavy (non-hydrogen) atoms. The van der Waals surface area contributed by atoms with Crippen LogP contribution in [-0.2, 0) is 4.74 Å². The van der Waals surface area contributed by atoms with Crippen LogP contribution >= 0.6 is 0 Å². The fourth-order valence-electron chi connectivity index (χ4n) is 2.67. The molecule has 0 aliphatic heterocycles. The number of ether oxygens (including phenoxy) is 2. The van der Waals surface area contributed by atoms with Crippen LogP contribution in [0.2, 0.25) is 0 Å². The summed E-state index contributed by atoms with van der Waals surface area (Å²) in [6.07, 6.45) is 3.65. The minimum absolute atomic E-state index is 0.515. The Morgan fingerprint density at radius 3 is 2.67 bits per heavy atom. The van der Waals surface area contributed by atoms with E-state index in [0.29, 0.717) is 6.04 Å². The van der Waals surface area contributed by atoms with Crippen molar-refractivity contribution in [3.05, 3.63) is 18.2 Å². The molecule has 1 unspecified atom stereocenters. The molecule has 1 aliphatic carbocycles. The van der Waals surface area contributed by atoms with Gasteiger partial charge in [-0.25, -0.2) is 0 Å². The van der Waals surface area contributed by atoms with Gasteiger partial charge in [-0.05, 0) is 38.2 Å². The van der Waals surface area contributed by atoms with E-state index in [1.54, 1.807) is 7.11 Å². The topological polar surface area (TPSA) is 47.7 Å². The van der Waals surface area contributed by atoms with Crippen LogP contribution in [0.4, 0.5) is 11.4 Å². The molecule has 0 radical (unpaired) electrons. The summed E-state index contributed by atoms with van der Waals surface area (Å²) in [5.74, 6) is 1.65. The number of hydrogen-bond donors (Lipinski definition) is 1. The lowest BCUT2D eigenvalue weighted by Gasteiger charge is -2.32. The van der Waals surface area contributed by atoms with E-state index in [1.807, 2.05) is 12.1 Å². The Morgan fingerprint density at radius 1 is 1.29 bits per heavy atom. The van der Waals surface area contributed by atoms with Gasteiger partial charge in [-0.3, -0.25) is 0 Å². The molecule has 1 aliphatic rings. The van der Waals surface area contributed by atoms with Crippen molar-refractivity contribution in [2.24, 2.45) is 5.92 Å². The van der Waals surface area contributed by atoms with Gasteiger partial charge in [0.05, 0.1) is 13.2 Å². The van der Waals surface area contributed by atoms with Crippen LogP contribution in [0.3, 0.4) is 0 Å². The van der Waals surface area contributed by atoms with E-state index in [2.05, 4.69) is 24.8 Å². The molecule has 1 aromatic rings. The first kappa shape index (κ1) is 16.0. The van der Waals surface area contributed by atoms with Crippen LogP contribution in [0.25, 0.3) is 0 Å². The number of benzene rings is 1. The van der Waals surface area contributed by atoms with Gasteiger partial charge < -0.3 is 20.1 Å². The third-order valence-electron chi connectivity index (χ3n) is 4.05. The Kier molecular flexibility index (Phi) is 5.74. The zero-order chi connectivity index (χ0) is 15.2. The maximum absolute atomic E-state index is 6.05. The molecule has 4 nitrogen and oxygen atoms in total. The molecule has 4 heteroatoms. The molecule has 0 bridgehead atoms. The molecule has 1 saturated carbocycles. The summed E-state index contributed by atoms with van der Waals surface area (Å²) in [6, 6.07) is 6.55. The van der Waals surface area contributed by atoms with E-state index in [0.717, 1.165) is 49.2 Å². The number of nitrogens with zero attached hydrogens (tertiary/aromatic N) is 1. The minimum Gasteiger partial charge on any atom is -0.493 e. The summed E-state index contributed by atoms with van der Waals surface area (Å²) in [5, 5.41) is 0. The van der Waals surface area contributed by atoms with Crippen LogP contribution in [-0.4, -0.2) is 32.9 Å². The third-order valence-corrected chi connectivity index (χ3v) is 4.05. The average Bonchev–Trinajstić information content (AvgIpc) is 3.29. The maximum atomic E-state index is 6.05. The van der Waals surface area contributed by atoms with Gasteiger partial charge >= 0.3 is 0 Å². The van der Waals surface area contributed by atoms with Gasteiger partial charge in [0, 0.05) is 43.2 Å². The van der Waals surface area contributed by atoms with Crippen molar-refractivity contribution in [2.75, 3.05) is 37.5 Å². The van der Waals surface area contributed by atoms with Gasteiger partial charge in [0.2, 0.25) is 0 Å². The largest absolute Gasteiger partial charge is 0.493 e. The number of rotatable bonds is 9. The normalized spacial score (nSPS) is 15.8. The predicted octanol–water partition coefficient (Wildman–Crippen LogP) is 3.31. The quantitative estimate of drug-likeness (QED) is 0.709. The van der Waals surface area contributed by atoms with Gasteiger partial charge in [-0.2, -0.15) is 0 Å². The predicted molar refractivity (Wildman–Crippen MR) is 88.0 cm³/mol. The van der Waals surface area contributed by atoms with Crippen molar-refractivity contribution in [1.82, 2.24) is 0 Å². The molecular weight excluding hydrogens is 264 g/mol. The lowest BCUT2D eigenvalue weighted by Crippen LogP contribution is -2.37. The van der Waals surface area contributed by atoms with Gasteiger partial charge in [-0.1, -0.05) is 6.92 Å². The summed E-state index contributed by atoms with van der Waals surface area (Å²) in [7, 11) is 1.75. The molecule has 0 heterocycles. The highest BCUT2D eigenvalue weighted by Gasteiger charge is 2.32. The second-order valence-electron chi connectivity index (χ2n) is 5.87. The molecule has 2 N–H and O–H groups in total. The van der Waals surface area contributed by atoms with E-state index in [4.69, 9.17) is 15.2 Å². The lowest BCUT2D eigenvalue weighted by molar-refractivity contribution is 0.202. The van der Waals surface area contributed by atoms with Gasteiger partial charge in [0.1, 0.15) is 5.75 Å². The highest BCUT2D eigenvalue weighted by Crippen LogP contribution is 2.38. The van der Waals surface area contributed by atoms with Crippen molar-refractivity contribution >= 4 is 11.4 Å². The fraction of sp³-hybridized carbons (Fsp3) is 0.647. The highest BCUT2D eigenvalue weighted by atomic mass is 16.5. The van der Waals surface area contributed by atoms with Crippen LogP contribution < -0.4 is 15.4 Å². The van der Waals surface area contributed by atoms with Crippen LogP contribution in [0.15, 0.2) is 18.2 Å². The van der Waals surface area contributed by atoms with E-state index >= 15 is 0 Å². The van der Waals surface area contributed by atoms with Gasteiger partial charge in [-0.15, -0.1) is 0 Å². The first-order valence-electron chi connectivity index (χ1n) is 7.94. The maximum Gasteiger partial charge on any atom is 0.123 e. The zero-order valence-corrected chi connectivity index (χ0v) is 13.5. The van der Waals surface area contributed by atoms with Crippen molar-refractivity contribution in [2.45, 2.75) is 39.2 Å². The smallest absolute Gasteiger partial charge is 0.123 e. The molecule has 0 spiro atoms. The van der Waals surface area contributed by atoms with Crippen molar-refractivity contribution in [1.29, 1.82) is 0 Å². The Balaban J connectivity index is 2.18. The molecule has 0 aromatic heterocycles. The molecule has 118 valence electrons. The summed E-state index contributed by atoms with van der Waals surface area (Å²) >= 11 is 0. The first-order chi connectivity index (χ1) is 10.2. The molecular formula is C17H28N2O2. The standard InChI is InChI=1S/C17H28N2O2/c1-4-8-21-17-11-15(18)10-16(12-17)19(7-9-20-3)13(2)14-5-6-14/h10-14H,4-9,18H2,1-3H3. The van der Waals surface area contributed by atoms with E-state index < -0.39 is 0 Å². The Morgan fingerprint density at radius 2 is 2.05 bits per heavy atom. The molecule has 1 atom stereocenters. The second-order valence-corrected chi connectivity index (χ2v) is 5.87. The monoisotopic (exact) mass is 292 g/mol. The Bertz CT molecular complexity index is 446. The Labute approximate surface area is 128 Å². The molecule has 1 fully saturated rings. The Hall–Kier alpha value is -1.42. The fourth-order valence-corrected chi connectivity index (χ4v) is 2.67. The molecule has 0 saturated heterocycles. The van der Waals surface area contributed by atoms with E-state index in [9.17, 15) is 0 Å². The lowest BCUT2D eigenvalue weighted by atomic mass is 10.1. The molecule has 2 rings (SSSR count). The van der Waals surface area contributed by atoms with Crippen molar-refractivity contribution in [3.63, 3.8) is 0 Å². The summed E-state index contributed by atoms with van der Waals surface area (Å²) in [6.45, 7) is 6.72. The third kappa shape index (κ3) is 4.53. The first-order valence-corrected chi connectivity index (χ1v) is 7.94. The second kappa shape index (κ2) is 7.55. The summed E-state index contributed by atoms with van der Waals surface area (Å²) in [4.78, 5) is 2.40. The molecule has 0 amide bonds. The summed E-state index contributed by atoms with van der Waals surface area (Å²) < 4.78 is 11.0. The van der Waals surface area contributed by atoms with Crippen LogP contribution in [0.1, 0.15) is 33.1 Å². The van der Waals surface area contributed by atoms with E-state index in [-0.39, 0.29) is 0 Å². The van der Waals surface area contributed by atoms with Crippen molar-refractivity contribution in [3.8, 4) is 5.75 Å². The van der Waals surface area contributed by atoms with Gasteiger partial charge in [0.25, 0.3) is 0 Å².